The Morgan fingerprint density at radius 3 is 2.58 bits per heavy atom. The van der Waals surface area contributed by atoms with Crippen molar-refractivity contribution in [1.29, 1.82) is 0 Å². The van der Waals surface area contributed by atoms with Crippen LogP contribution in [0.3, 0.4) is 0 Å². The molecule has 0 aliphatic heterocycles. The minimum atomic E-state index is -0.789. The molecule has 0 saturated heterocycles. The third-order valence-corrected chi connectivity index (χ3v) is 3.28. The lowest BCUT2D eigenvalue weighted by Gasteiger charge is -2.10. The van der Waals surface area contributed by atoms with Crippen molar-refractivity contribution >= 4 is 17.4 Å². The van der Waals surface area contributed by atoms with Gasteiger partial charge in [-0.15, -0.1) is 10.2 Å². The average Bonchev–Trinajstić information content (AvgIpc) is 3.16. The highest BCUT2D eigenvalue weighted by Crippen LogP contribution is 2.14. The smallest absolute Gasteiger partial charge is 0.276 e. The molecule has 122 valence electrons. The molecule has 0 fully saturated rings. The van der Waals surface area contributed by atoms with Gasteiger partial charge in [0.15, 0.2) is 5.69 Å². The number of nitrogens with one attached hydrogen (secondary N) is 2. The number of hydrogen-bond acceptors (Lipinski definition) is 6. The maximum atomic E-state index is 12.1. The monoisotopic (exact) mass is 324 g/mol. The molecule has 0 radical (unpaired) electrons. The van der Waals surface area contributed by atoms with Gasteiger partial charge >= 0.3 is 0 Å². The lowest BCUT2D eigenvalue weighted by atomic mass is 10.2. The molecule has 3 rings (SSSR count). The van der Waals surface area contributed by atoms with E-state index < -0.39 is 6.10 Å². The third-order valence-electron chi connectivity index (χ3n) is 3.28. The number of aromatic nitrogens is 2. The number of carbonyl (C=O) groups excluding carboxylic acids is 1. The van der Waals surface area contributed by atoms with E-state index in [-0.39, 0.29) is 18.1 Å². The van der Waals surface area contributed by atoms with Crippen molar-refractivity contribution in [1.82, 2.24) is 10.2 Å². The van der Waals surface area contributed by atoms with Crippen LogP contribution in [0.5, 0.6) is 0 Å². The molecule has 1 unspecified atom stereocenters. The summed E-state index contributed by atoms with van der Waals surface area (Å²) in [6.45, 7) is 0.220. The van der Waals surface area contributed by atoms with E-state index in [4.69, 9.17) is 4.42 Å². The molecule has 2 aromatic heterocycles. The minimum absolute atomic E-state index is 0.205. The molecule has 24 heavy (non-hydrogen) atoms. The van der Waals surface area contributed by atoms with E-state index in [9.17, 15) is 9.90 Å². The summed E-state index contributed by atoms with van der Waals surface area (Å²) in [6, 6.07) is 15.7. The van der Waals surface area contributed by atoms with Gasteiger partial charge in [-0.25, -0.2) is 0 Å². The number of rotatable bonds is 6. The fourth-order valence-corrected chi connectivity index (χ4v) is 2.05. The number of carbonyl (C=O) groups is 1. The van der Waals surface area contributed by atoms with Crippen LogP contribution < -0.4 is 10.6 Å². The van der Waals surface area contributed by atoms with Gasteiger partial charge in [0.2, 0.25) is 0 Å². The normalized spacial score (nSPS) is 11.7. The molecule has 0 spiro atoms. The summed E-state index contributed by atoms with van der Waals surface area (Å²) in [6.07, 6.45) is 0.709. The Morgan fingerprint density at radius 2 is 1.92 bits per heavy atom. The summed E-state index contributed by atoms with van der Waals surface area (Å²) < 4.78 is 5.11. The number of anilines is 2. The predicted octanol–water partition coefficient (Wildman–Crippen LogP) is 2.47. The SMILES string of the molecule is O=C(Nc1ccccc1)c1ccc(NCC(O)c2ccco2)nn1. The number of aliphatic hydroxyl groups excluding tert-OH is 1. The number of furan rings is 1. The van der Waals surface area contributed by atoms with Gasteiger partial charge in [0.1, 0.15) is 17.7 Å². The van der Waals surface area contributed by atoms with Gasteiger partial charge in [0.05, 0.1) is 6.26 Å². The van der Waals surface area contributed by atoms with Crippen LogP contribution in [0, 0.1) is 0 Å². The zero-order chi connectivity index (χ0) is 16.8. The summed E-state index contributed by atoms with van der Waals surface area (Å²) >= 11 is 0. The second-order valence-electron chi connectivity index (χ2n) is 5.04. The molecular formula is C17H16N4O3. The Bertz CT molecular complexity index is 773. The van der Waals surface area contributed by atoms with E-state index in [1.54, 1.807) is 36.4 Å². The Labute approximate surface area is 138 Å². The summed E-state index contributed by atoms with van der Waals surface area (Å²) in [5.41, 5.74) is 0.893. The van der Waals surface area contributed by atoms with E-state index in [1.165, 1.54) is 6.26 Å². The molecule has 2 heterocycles. The van der Waals surface area contributed by atoms with E-state index in [1.807, 2.05) is 18.2 Å². The molecule has 3 aromatic rings. The highest BCUT2D eigenvalue weighted by Gasteiger charge is 2.11. The molecule has 1 aromatic carbocycles. The van der Waals surface area contributed by atoms with Gasteiger partial charge in [-0.05, 0) is 36.4 Å². The van der Waals surface area contributed by atoms with E-state index in [2.05, 4.69) is 20.8 Å². The minimum Gasteiger partial charge on any atom is -0.467 e. The molecule has 0 aliphatic carbocycles. The van der Waals surface area contributed by atoms with Crippen molar-refractivity contribution in [2.45, 2.75) is 6.10 Å². The second kappa shape index (κ2) is 7.38. The quantitative estimate of drug-likeness (QED) is 0.644. The van der Waals surface area contributed by atoms with E-state index >= 15 is 0 Å². The maximum absolute atomic E-state index is 12.1. The van der Waals surface area contributed by atoms with Crippen LogP contribution >= 0.6 is 0 Å². The highest BCUT2D eigenvalue weighted by molar-refractivity contribution is 6.02. The molecule has 0 saturated carbocycles. The second-order valence-corrected chi connectivity index (χ2v) is 5.04. The summed E-state index contributed by atoms with van der Waals surface area (Å²) in [5.74, 6) is 0.585. The Kier molecular flexibility index (Phi) is 4.83. The number of para-hydroxylation sites is 1. The number of hydrogen-bond donors (Lipinski definition) is 3. The molecular weight excluding hydrogens is 308 g/mol. The molecule has 3 N–H and O–H groups in total. The third kappa shape index (κ3) is 3.96. The van der Waals surface area contributed by atoms with Crippen molar-refractivity contribution < 1.29 is 14.3 Å². The first-order valence-electron chi connectivity index (χ1n) is 7.38. The van der Waals surface area contributed by atoms with Crippen LogP contribution in [-0.2, 0) is 0 Å². The topological polar surface area (TPSA) is 100 Å². The van der Waals surface area contributed by atoms with Gasteiger partial charge in [-0.1, -0.05) is 18.2 Å². The fourth-order valence-electron chi connectivity index (χ4n) is 2.05. The lowest BCUT2D eigenvalue weighted by molar-refractivity contribution is 0.102. The largest absolute Gasteiger partial charge is 0.467 e. The molecule has 1 amide bonds. The van der Waals surface area contributed by atoms with Gasteiger partial charge < -0.3 is 20.2 Å². The van der Waals surface area contributed by atoms with E-state index in [0.717, 1.165) is 0 Å². The molecule has 0 bridgehead atoms. The van der Waals surface area contributed by atoms with Crippen LogP contribution in [0.15, 0.2) is 65.3 Å². The highest BCUT2D eigenvalue weighted by atomic mass is 16.4. The van der Waals surface area contributed by atoms with Crippen molar-refractivity contribution in [3.05, 3.63) is 72.3 Å². The number of nitrogens with zero attached hydrogens (tertiary/aromatic N) is 2. The molecule has 7 heteroatoms. The van der Waals surface area contributed by atoms with Crippen molar-refractivity contribution in [3.8, 4) is 0 Å². The first-order chi connectivity index (χ1) is 11.7. The average molecular weight is 324 g/mol. The summed E-state index contributed by atoms with van der Waals surface area (Å²) in [7, 11) is 0. The van der Waals surface area contributed by atoms with Crippen LogP contribution in [-0.4, -0.2) is 27.8 Å². The zero-order valence-electron chi connectivity index (χ0n) is 12.7. The number of amides is 1. The van der Waals surface area contributed by atoms with E-state index in [0.29, 0.717) is 17.3 Å². The van der Waals surface area contributed by atoms with Gasteiger partial charge in [-0.2, -0.15) is 0 Å². The van der Waals surface area contributed by atoms with Crippen LogP contribution in [0.4, 0.5) is 11.5 Å². The Hall–Kier alpha value is -3.19. The first-order valence-corrected chi connectivity index (χ1v) is 7.38. The van der Waals surface area contributed by atoms with Gasteiger partial charge in [0.25, 0.3) is 5.91 Å². The standard InChI is InChI=1S/C17H16N4O3/c22-14(15-7-4-10-24-15)11-18-16-9-8-13(20-21-16)17(23)19-12-5-2-1-3-6-12/h1-10,14,22H,11H2,(H,18,21)(H,19,23). The predicted molar refractivity (Wildman–Crippen MR) is 88.6 cm³/mol. The molecule has 7 nitrogen and oxygen atoms in total. The van der Waals surface area contributed by atoms with Gasteiger partial charge in [0, 0.05) is 12.2 Å². The molecule has 0 aliphatic rings. The van der Waals surface area contributed by atoms with Gasteiger partial charge in [-0.3, -0.25) is 4.79 Å². The maximum Gasteiger partial charge on any atom is 0.276 e. The number of aliphatic hydroxyl groups is 1. The summed E-state index contributed by atoms with van der Waals surface area (Å²) in [5, 5.41) is 23.4. The summed E-state index contributed by atoms with van der Waals surface area (Å²) in [4.78, 5) is 12.1. The number of benzene rings is 1. The zero-order valence-corrected chi connectivity index (χ0v) is 12.7. The van der Waals surface area contributed by atoms with Crippen LogP contribution in [0.25, 0.3) is 0 Å². The fraction of sp³-hybridized carbons (Fsp3) is 0.118. The van der Waals surface area contributed by atoms with Crippen molar-refractivity contribution in [3.63, 3.8) is 0 Å². The molecule has 1 atom stereocenters. The van der Waals surface area contributed by atoms with Crippen LogP contribution in [0.2, 0.25) is 0 Å². The Morgan fingerprint density at radius 1 is 1.08 bits per heavy atom. The van der Waals surface area contributed by atoms with Crippen molar-refractivity contribution in [2.24, 2.45) is 0 Å². The lowest BCUT2D eigenvalue weighted by Crippen LogP contribution is -2.16. The van der Waals surface area contributed by atoms with Crippen molar-refractivity contribution in [2.75, 3.05) is 17.2 Å². The first kappa shape index (κ1) is 15.7. The Balaban J connectivity index is 1.56. The van der Waals surface area contributed by atoms with Crippen LogP contribution in [0.1, 0.15) is 22.4 Å².